The summed E-state index contributed by atoms with van der Waals surface area (Å²) in [7, 11) is -0.301. The molecule has 0 N–H and O–H groups in total. The van der Waals surface area contributed by atoms with Crippen LogP contribution in [-0.4, -0.2) is 27.9 Å². The Bertz CT molecular complexity index is 598. The van der Waals surface area contributed by atoms with Gasteiger partial charge in [-0.2, -0.15) is 0 Å². The van der Waals surface area contributed by atoms with Crippen molar-refractivity contribution in [3.63, 3.8) is 0 Å². The minimum atomic E-state index is -3.41. The van der Waals surface area contributed by atoms with Crippen LogP contribution in [0.4, 0.5) is 0 Å². The smallest absolute Gasteiger partial charge is 0.184 e. The number of ether oxygens (including phenoxy) is 2. The lowest BCUT2D eigenvalue weighted by Crippen LogP contribution is -2.15. The Labute approximate surface area is 127 Å². The monoisotopic (exact) mass is 310 g/mol. The van der Waals surface area contributed by atoms with Crippen molar-refractivity contribution in [2.24, 2.45) is 0 Å². The lowest BCUT2D eigenvalue weighted by Gasteiger charge is -2.10. The first-order valence-corrected chi connectivity index (χ1v) is 8.30. The first-order chi connectivity index (χ1) is 9.95. The summed E-state index contributed by atoms with van der Waals surface area (Å²) in [5.41, 5.74) is 0. The molecule has 0 heterocycles. The van der Waals surface area contributed by atoms with Gasteiger partial charge < -0.3 is 9.47 Å². The van der Waals surface area contributed by atoms with E-state index in [1.807, 2.05) is 13.0 Å². The van der Waals surface area contributed by atoms with Gasteiger partial charge in [0.15, 0.2) is 9.84 Å². The van der Waals surface area contributed by atoms with Crippen molar-refractivity contribution >= 4 is 9.84 Å². The molecule has 0 aliphatic heterocycles. The lowest BCUT2D eigenvalue weighted by molar-refractivity contribution is 0.305. The first kappa shape index (κ1) is 17.3. The predicted molar refractivity (Wildman–Crippen MR) is 84.2 cm³/mol. The SMILES string of the molecule is CC/C=C(\C=C/C(C)S(=O)(=O)c1ccc(OC)cc1)OC. The lowest BCUT2D eigenvalue weighted by atomic mass is 10.3. The molecule has 1 atom stereocenters. The van der Waals surface area contributed by atoms with Gasteiger partial charge in [-0.05, 0) is 49.8 Å². The van der Waals surface area contributed by atoms with Crippen LogP contribution in [0.2, 0.25) is 0 Å². The fourth-order valence-electron chi connectivity index (χ4n) is 1.73. The van der Waals surface area contributed by atoms with Crippen molar-refractivity contribution < 1.29 is 17.9 Å². The Morgan fingerprint density at radius 1 is 1.24 bits per heavy atom. The highest BCUT2D eigenvalue weighted by Crippen LogP contribution is 2.20. The van der Waals surface area contributed by atoms with Gasteiger partial charge >= 0.3 is 0 Å². The summed E-state index contributed by atoms with van der Waals surface area (Å²) >= 11 is 0. The molecule has 0 spiro atoms. The highest BCUT2D eigenvalue weighted by atomic mass is 32.2. The summed E-state index contributed by atoms with van der Waals surface area (Å²) in [6.07, 6.45) is 6.04. The van der Waals surface area contributed by atoms with Crippen LogP contribution in [0.15, 0.2) is 53.1 Å². The number of benzene rings is 1. The fourth-order valence-corrected chi connectivity index (χ4v) is 2.96. The number of hydrogen-bond acceptors (Lipinski definition) is 4. The zero-order valence-electron chi connectivity index (χ0n) is 12.9. The van der Waals surface area contributed by atoms with Crippen LogP contribution >= 0.6 is 0 Å². The van der Waals surface area contributed by atoms with Crippen molar-refractivity contribution in [2.45, 2.75) is 30.4 Å². The van der Waals surface area contributed by atoms with E-state index in [0.29, 0.717) is 11.5 Å². The van der Waals surface area contributed by atoms with Crippen molar-refractivity contribution in [2.75, 3.05) is 14.2 Å². The van der Waals surface area contributed by atoms with Crippen molar-refractivity contribution in [3.05, 3.63) is 48.3 Å². The minimum Gasteiger partial charge on any atom is -0.497 e. The molecule has 0 aromatic heterocycles. The molecule has 0 fully saturated rings. The van der Waals surface area contributed by atoms with Crippen LogP contribution in [0.1, 0.15) is 20.3 Å². The second-order valence-electron chi connectivity index (χ2n) is 4.50. The van der Waals surface area contributed by atoms with Crippen molar-refractivity contribution in [1.29, 1.82) is 0 Å². The van der Waals surface area contributed by atoms with E-state index in [2.05, 4.69) is 0 Å². The Morgan fingerprint density at radius 3 is 2.33 bits per heavy atom. The number of hydrogen-bond donors (Lipinski definition) is 0. The van der Waals surface area contributed by atoms with E-state index in [1.54, 1.807) is 57.6 Å². The van der Waals surface area contributed by atoms with Gasteiger partial charge in [0.1, 0.15) is 11.5 Å². The van der Waals surface area contributed by atoms with E-state index >= 15 is 0 Å². The fraction of sp³-hybridized carbons (Fsp3) is 0.375. The molecule has 0 aliphatic carbocycles. The minimum absolute atomic E-state index is 0.277. The summed E-state index contributed by atoms with van der Waals surface area (Å²) in [4.78, 5) is 0.277. The van der Waals surface area contributed by atoms with Gasteiger partial charge in [0, 0.05) is 0 Å². The standard InChI is InChI=1S/C16H22O4S/c1-5-6-14(19-3)8-7-13(2)21(17,18)16-11-9-15(20-4)10-12-16/h6-13H,5H2,1-4H3/b8-7-,14-6+. The number of methoxy groups -OCH3 is 2. The summed E-state index contributed by atoms with van der Waals surface area (Å²) in [5, 5.41) is -0.638. The quantitative estimate of drug-likeness (QED) is 0.572. The van der Waals surface area contributed by atoms with Crippen LogP contribution < -0.4 is 4.74 Å². The average molecular weight is 310 g/mol. The molecule has 1 aromatic rings. The Balaban J connectivity index is 2.95. The van der Waals surface area contributed by atoms with Crippen LogP contribution in [0, 0.1) is 0 Å². The normalized spacial score (nSPS) is 14.2. The maximum atomic E-state index is 12.4. The molecule has 0 radical (unpaired) electrons. The third-order valence-corrected chi connectivity index (χ3v) is 5.12. The summed E-state index contributed by atoms with van der Waals surface area (Å²) < 4.78 is 35.1. The molecule has 5 heteroatoms. The number of rotatable bonds is 7. The molecule has 0 aliphatic rings. The van der Waals surface area contributed by atoms with E-state index in [0.717, 1.165) is 6.42 Å². The molecular formula is C16H22O4S. The highest BCUT2D eigenvalue weighted by Gasteiger charge is 2.21. The molecule has 1 aromatic carbocycles. The maximum absolute atomic E-state index is 12.4. The third kappa shape index (κ3) is 4.63. The van der Waals surface area contributed by atoms with Crippen LogP contribution in [0.25, 0.3) is 0 Å². The van der Waals surface area contributed by atoms with Gasteiger partial charge in [0.05, 0.1) is 24.4 Å². The second-order valence-corrected chi connectivity index (χ2v) is 6.81. The molecule has 0 saturated carbocycles. The number of sulfone groups is 1. The summed E-state index contributed by atoms with van der Waals surface area (Å²) in [6, 6.07) is 6.39. The van der Waals surface area contributed by atoms with Crippen molar-refractivity contribution in [3.8, 4) is 5.75 Å². The van der Waals surface area contributed by atoms with Gasteiger partial charge in [-0.3, -0.25) is 0 Å². The summed E-state index contributed by atoms with van der Waals surface area (Å²) in [6.45, 7) is 3.64. The maximum Gasteiger partial charge on any atom is 0.184 e. The van der Waals surface area contributed by atoms with Gasteiger partial charge in [-0.1, -0.05) is 13.0 Å². The Hall–Kier alpha value is -1.75. The van der Waals surface area contributed by atoms with Crippen LogP contribution in [0.5, 0.6) is 5.75 Å². The molecule has 0 saturated heterocycles. The van der Waals surface area contributed by atoms with Gasteiger partial charge in [-0.25, -0.2) is 8.42 Å². The molecule has 0 bridgehead atoms. The van der Waals surface area contributed by atoms with Crippen molar-refractivity contribution in [1.82, 2.24) is 0 Å². The van der Waals surface area contributed by atoms with Gasteiger partial charge in [0.2, 0.25) is 0 Å². The van der Waals surface area contributed by atoms with Gasteiger partial charge in [-0.15, -0.1) is 0 Å². The predicted octanol–water partition coefficient (Wildman–Crippen LogP) is 3.35. The summed E-state index contributed by atoms with van der Waals surface area (Å²) in [5.74, 6) is 1.29. The van der Waals surface area contributed by atoms with E-state index in [4.69, 9.17) is 9.47 Å². The van der Waals surface area contributed by atoms with Crippen LogP contribution in [-0.2, 0) is 14.6 Å². The molecule has 21 heavy (non-hydrogen) atoms. The average Bonchev–Trinajstić information content (AvgIpc) is 2.51. The largest absolute Gasteiger partial charge is 0.497 e. The van der Waals surface area contributed by atoms with Crippen LogP contribution in [0.3, 0.4) is 0 Å². The zero-order valence-corrected chi connectivity index (χ0v) is 13.7. The molecule has 116 valence electrons. The van der Waals surface area contributed by atoms with E-state index < -0.39 is 15.1 Å². The van der Waals surface area contributed by atoms with E-state index in [9.17, 15) is 8.42 Å². The van der Waals surface area contributed by atoms with Gasteiger partial charge in [0.25, 0.3) is 0 Å². The Kier molecular flexibility index (Phi) is 6.49. The molecular weight excluding hydrogens is 288 g/mol. The highest BCUT2D eigenvalue weighted by molar-refractivity contribution is 7.92. The Morgan fingerprint density at radius 2 is 1.86 bits per heavy atom. The first-order valence-electron chi connectivity index (χ1n) is 6.76. The number of allylic oxidation sites excluding steroid dienone is 2. The third-order valence-electron chi connectivity index (χ3n) is 3.05. The molecule has 4 nitrogen and oxygen atoms in total. The van der Waals surface area contributed by atoms with E-state index in [-0.39, 0.29) is 4.90 Å². The molecule has 1 unspecified atom stereocenters. The molecule has 1 rings (SSSR count). The van der Waals surface area contributed by atoms with E-state index in [1.165, 1.54) is 0 Å². The molecule has 0 amide bonds. The zero-order chi connectivity index (χ0) is 15.9. The topological polar surface area (TPSA) is 52.6 Å². The second kappa shape index (κ2) is 7.88.